The van der Waals surface area contributed by atoms with Crippen molar-refractivity contribution in [2.24, 2.45) is 5.92 Å². The van der Waals surface area contributed by atoms with Crippen LogP contribution in [-0.2, 0) is 24.7 Å². The van der Waals surface area contributed by atoms with Crippen LogP contribution in [0.2, 0.25) is 0 Å². The summed E-state index contributed by atoms with van der Waals surface area (Å²) in [7, 11) is 1.99. The van der Waals surface area contributed by atoms with Crippen LogP contribution in [-0.4, -0.2) is 43.1 Å². The van der Waals surface area contributed by atoms with Gasteiger partial charge in [-0.15, -0.1) is 0 Å². The van der Waals surface area contributed by atoms with Gasteiger partial charge in [0.1, 0.15) is 0 Å². The summed E-state index contributed by atoms with van der Waals surface area (Å²) >= 11 is 0. The maximum atomic E-state index is 12.5. The molecule has 1 saturated heterocycles. The number of hydrogen-bond donors (Lipinski definition) is 0. The maximum Gasteiger partial charge on any atom is 0.309 e. The van der Waals surface area contributed by atoms with Crippen molar-refractivity contribution in [1.29, 1.82) is 0 Å². The highest BCUT2D eigenvalue weighted by atomic mass is 16.6. The number of piperidine rings is 1. The summed E-state index contributed by atoms with van der Waals surface area (Å²) in [4.78, 5) is 26.5. The highest BCUT2D eigenvalue weighted by Gasteiger charge is 2.51. The number of carbonyl (C=O) groups excluding carboxylic acids is 2. The van der Waals surface area contributed by atoms with E-state index in [1.165, 1.54) is 0 Å². The van der Waals surface area contributed by atoms with Gasteiger partial charge in [-0.1, -0.05) is 37.3 Å². The van der Waals surface area contributed by atoms with E-state index in [0.29, 0.717) is 19.4 Å². The van der Waals surface area contributed by atoms with E-state index in [2.05, 4.69) is 4.90 Å². The van der Waals surface area contributed by atoms with Crippen molar-refractivity contribution < 1.29 is 19.1 Å². The van der Waals surface area contributed by atoms with Crippen LogP contribution in [0.25, 0.3) is 0 Å². The lowest BCUT2D eigenvalue weighted by Gasteiger charge is -2.45. The van der Waals surface area contributed by atoms with Gasteiger partial charge in [-0.05, 0) is 25.5 Å². The molecule has 2 unspecified atom stereocenters. The minimum absolute atomic E-state index is 0.00719. The van der Waals surface area contributed by atoms with Crippen molar-refractivity contribution in [3.8, 4) is 0 Å². The van der Waals surface area contributed by atoms with Crippen molar-refractivity contribution in [3.05, 3.63) is 35.9 Å². The Bertz CT molecular complexity index is 599. The molecule has 2 atom stereocenters. The topological polar surface area (TPSA) is 55.8 Å². The first-order valence-electron chi connectivity index (χ1n) is 8.71. The monoisotopic (exact) mass is 331 g/mol. The molecule has 0 radical (unpaired) electrons. The lowest BCUT2D eigenvalue weighted by Crippen LogP contribution is -2.56. The van der Waals surface area contributed by atoms with Gasteiger partial charge in [0.2, 0.25) is 0 Å². The summed E-state index contributed by atoms with van der Waals surface area (Å²) in [5.74, 6) is -0.424. The van der Waals surface area contributed by atoms with Crippen LogP contribution in [0.5, 0.6) is 0 Å². The van der Waals surface area contributed by atoms with E-state index < -0.39 is 11.7 Å². The van der Waals surface area contributed by atoms with Crippen molar-refractivity contribution >= 4 is 11.9 Å². The SMILES string of the molecule is CCC(=O)OC1CN(C)CCC1(OC(=O)C1CC1)c1ccccc1. The van der Waals surface area contributed by atoms with Crippen LogP contribution in [0.15, 0.2) is 30.3 Å². The van der Waals surface area contributed by atoms with E-state index >= 15 is 0 Å². The van der Waals surface area contributed by atoms with E-state index in [-0.39, 0.29) is 17.9 Å². The zero-order chi connectivity index (χ0) is 17.2. The first-order valence-corrected chi connectivity index (χ1v) is 8.71. The van der Waals surface area contributed by atoms with Crippen molar-refractivity contribution in [1.82, 2.24) is 4.90 Å². The predicted octanol–water partition coefficient (Wildman–Crippen LogP) is 2.49. The van der Waals surface area contributed by atoms with Gasteiger partial charge in [0.05, 0.1) is 5.92 Å². The third-order valence-corrected chi connectivity index (χ3v) is 4.88. The fraction of sp³-hybridized carbons (Fsp3) is 0.579. The summed E-state index contributed by atoms with van der Waals surface area (Å²) in [5.41, 5.74) is 0.0131. The molecule has 0 N–H and O–H groups in total. The molecule has 1 aromatic carbocycles. The molecule has 0 amide bonds. The summed E-state index contributed by atoms with van der Waals surface area (Å²) in [6, 6.07) is 9.70. The number of ether oxygens (including phenoxy) is 2. The number of likely N-dealkylation sites (N-methyl/N-ethyl adjacent to an activating group) is 1. The second-order valence-corrected chi connectivity index (χ2v) is 6.80. The molecule has 2 aliphatic rings. The van der Waals surface area contributed by atoms with Crippen LogP contribution < -0.4 is 0 Å². The Balaban J connectivity index is 1.96. The highest BCUT2D eigenvalue weighted by molar-refractivity contribution is 5.76. The molecule has 1 heterocycles. The molecular formula is C19H25NO4. The molecule has 5 heteroatoms. The van der Waals surface area contributed by atoms with E-state index in [0.717, 1.165) is 24.9 Å². The van der Waals surface area contributed by atoms with Gasteiger partial charge in [0.25, 0.3) is 0 Å². The van der Waals surface area contributed by atoms with Crippen molar-refractivity contribution in [3.63, 3.8) is 0 Å². The van der Waals surface area contributed by atoms with Crippen LogP contribution >= 0.6 is 0 Å². The molecule has 1 aliphatic carbocycles. The van der Waals surface area contributed by atoms with Crippen LogP contribution in [0, 0.1) is 5.92 Å². The quantitative estimate of drug-likeness (QED) is 0.776. The van der Waals surface area contributed by atoms with Gasteiger partial charge in [-0.2, -0.15) is 0 Å². The zero-order valence-electron chi connectivity index (χ0n) is 14.4. The molecule has 1 aliphatic heterocycles. The van der Waals surface area contributed by atoms with E-state index in [4.69, 9.17) is 9.47 Å². The average molecular weight is 331 g/mol. The fourth-order valence-corrected chi connectivity index (χ4v) is 3.22. The molecule has 1 saturated carbocycles. The minimum atomic E-state index is -0.891. The summed E-state index contributed by atoms with van der Waals surface area (Å²) in [5, 5.41) is 0. The number of rotatable bonds is 5. The molecule has 0 aromatic heterocycles. The van der Waals surface area contributed by atoms with Gasteiger partial charge < -0.3 is 14.4 Å². The molecule has 0 spiro atoms. The van der Waals surface area contributed by atoms with Gasteiger partial charge in [0, 0.05) is 25.9 Å². The number of likely N-dealkylation sites (tertiary alicyclic amines) is 1. The third kappa shape index (κ3) is 3.46. The van der Waals surface area contributed by atoms with Crippen LogP contribution in [0.4, 0.5) is 0 Å². The number of nitrogens with zero attached hydrogens (tertiary/aromatic N) is 1. The number of benzene rings is 1. The Hall–Kier alpha value is -1.88. The number of esters is 2. The molecule has 130 valence electrons. The Kier molecular flexibility index (Phi) is 4.90. The first-order chi connectivity index (χ1) is 11.5. The summed E-state index contributed by atoms with van der Waals surface area (Å²) < 4.78 is 11.8. The average Bonchev–Trinajstić information content (AvgIpc) is 3.43. The smallest absolute Gasteiger partial charge is 0.309 e. The fourth-order valence-electron chi connectivity index (χ4n) is 3.22. The molecule has 5 nitrogen and oxygen atoms in total. The molecular weight excluding hydrogens is 306 g/mol. The number of hydrogen-bond acceptors (Lipinski definition) is 5. The largest absolute Gasteiger partial charge is 0.456 e. The predicted molar refractivity (Wildman–Crippen MR) is 89.2 cm³/mol. The maximum absolute atomic E-state index is 12.5. The highest BCUT2D eigenvalue weighted by Crippen LogP contribution is 2.41. The van der Waals surface area contributed by atoms with E-state index in [9.17, 15) is 9.59 Å². The van der Waals surface area contributed by atoms with Crippen molar-refractivity contribution in [2.75, 3.05) is 20.1 Å². The lowest BCUT2D eigenvalue weighted by atomic mass is 9.81. The summed E-state index contributed by atoms with van der Waals surface area (Å²) in [6.45, 7) is 3.11. The Morgan fingerprint density at radius 3 is 2.58 bits per heavy atom. The zero-order valence-corrected chi connectivity index (χ0v) is 14.4. The van der Waals surface area contributed by atoms with E-state index in [1.54, 1.807) is 6.92 Å². The molecule has 1 aromatic rings. The van der Waals surface area contributed by atoms with Crippen LogP contribution in [0.3, 0.4) is 0 Å². The molecule has 24 heavy (non-hydrogen) atoms. The Labute approximate surface area is 142 Å². The van der Waals surface area contributed by atoms with E-state index in [1.807, 2.05) is 37.4 Å². The summed E-state index contributed by atoms with van der Waals surface area (Å²) in [6.07, 6.45) is 2.22. The first kappa shape index (κ1) is 17.0. The lowest BCUT2D eigenvalue weighted by molar-refractivity contribution is -0.201. The van der Waals surface area contributed by atoms with Crippen LogP contribution in [0.1, 0.15) is 38.2 Å². The Morgan fingerprint density at radius 1 is 1.25 bits per heavy atom. The van der Waals surface area contributed by atoms with Gasteiger partial charge in [-0.3, -0.25) is 9.59 Å². The number of carbonyl (C=O) groups is 2. The second kappa shape index (κ2) is 6.93. The molecule has 0 bridgehead atoms. The van der Waals surface area contributed by atoms with Gasteiger partial charge >= 0.3 is 11.9 Å². The molecule has 3 rings (SSSR count). The van der Waals surface area contributed by atoms with Crippen molar-refractivity contribution in [2.45, 2.75) is 44.3 Å². The Morgan fingerprint density at radius 2 is 1.96 bits per heavy atom. The third-order valence-electron chi connectivity index (χ3n) is 4.88. The van der Waals surface area contributed by atoms with Gasteiger partial charge in [-0.25, -0.2) is 0 Å². The molecule has 2 fully saturated rings. The normalized spacial score (nSPS) is 27.5. The van der Waals surface area contributed by atoms with Gasteiger partial charge in [0.15, 0.2) is 11.7 Å². The minimum Gasteiger partial charge on any atom is -0.456 e. The standard InChI is InChI=1S/C19H25NO4/c1-3-17(21)23-16-13-20(2)12-11-19(16,15-7-5-4-6-8-15)24-18(22)14-9-10-14/h4-8,14,16H,3,9-13H2,1-2H3. The second-order valence-electron chi connectivity index (χ2n) is 6.80.